The lowest BCUT2D eigenvalue weighted by Gasteiger charge is -2.09. The minimum Gasteiger partial charge on any atom is -0.385 e. The second-order valence-corrected chi connectivity index (χ2v) is 5.31. The van der Waals surface area contributed by atoms with Crippen LogP contribution in [0.15, 0.2) is 42.6 Å². The number of nitrogens with one attached hydrogen (secondary N) is 2. The zero-order chi connectivity index (χ0) is 16.5. The number of nitrogens with zero attached hydrogens (tertiary/aromatic N) is 1. The number of rotatable bonds is 8. The molecule has 5 heteroatoms. The number of carbonyl (C=O) groups is 1. The molecule has 2 N–H and O–H groups in total. The van der Waals surface area contributed by atoms with Crippen LogP contribution in [0.2, 0.25) is 0 Å². The Hall–Kier alpha value is -2.40. The van der Waals surface area contributed by atoms with Gasteiger partial charge >= 0.3 is 0 Å². The van der Waals surface area contributed by atoms with Gasteiger partial charge in [-0.3, -0.25) is 4.79 Å². The van der Waals surface area contributed by atoms with E-state index < -0.39 is 0 Å². The molecule has 0 bridgehead atoms. The molecular formula is C18H23N3O2. The molecule has 1 heterocycles. The first kappa shape index (κ1) is 17.0. The number of carbonyl (C=O) groups excluding carboxylic acids is 1. The van der Waals surface area contributed by atoms with E-state index in [1.165, 1.54) is 0 Å². The molecule has 23 heavy (non-hydrogen) atoms. The molecule has 0 aliphatic rings. The summed E-state index contributed by atoms with van der Waals surface area (Å²) in [4.78, 5) is 16.3. The summed E-state index contributed by atoms with van der Waals surface area (Å²) in [6.07, 6.45) is 2.60. The van der Waals surface area contributed by atoms with Gasteiger partial charge in [-0.15, -0.1) is 0 Å². The maximum Gasteiger partial charge on any atom is 0.270 e. The van der Waals surface area contributed by atoms with Gasteiger partial charge in [0, 0.05) is 26.8 Å². The first-order valence-corrected chi connectivity index (χ1v) is 7.72. The van der Waals surface area contributed by atoms with E-state index in [1.807, 2.05) is 37.3 Å². The Balaban J connectivity index is 1.84. The maximum atomic E-state index is 12.1. The fourth-order valence-corrected chi connectivity index (χ4v) is 2.16. The minimum absolute atomic E-state index is 0.167. The molecule has 2 aromatic rings. The summed E-state index contributed by atoms with van der Waals surface area (Å²) in [5, 5.41) is 6.13. The minimum atomic E-state index is -0.167. The van der Waals surface area contributed by atoms with E-state index in [0.29, 0.717) is 12.2 Å². The second kappa shape index (κ2) is 8.90. The van der Waals surface area contributed by atoms with Crippen LogP contribution in [0.1, 0.15) is 28.0 Å². The van der Waals surface area contributed by atoms with Crippen LogP contribution in [0.5, 0.6) is 0 Å². The van der Waals surface area contributed by atoms with Gasteiger partial charge in [-0.25, -0.2) is 4.98 Å². The molecule has 1 aromatic heterocycles. The first-order chi connectivity index (χ1) is 11.2. The van der Waals surface area contributed by atoms with Crippen molar-refractivity contribution < 1.29 is 9.53 Å². The van der Waals surface area contributed by atoms with E-state index in [0.717, 1.165) is 36.4 Å². The van der Waals surface area contributed by atoms with Crippen LogP contribution in [-0.4, -0.2) is 31.2 Å². The normalized spacial score (nSPS) is 10.3. The van der Waals surface area contributed by atoms with Gasteiger partial charge in [0.2, 0.25) is 0 Å². The van der Waals surface area contributed by atoms with E-state index >= 15 is 0 Å². The van der Waals surface area contributed by atoms with Crippen LogP contribution in [0, 0.1) is 6.92 Å². The largest absolute Gasteiger partial charge is 0.385 e. The average molecular weight is 313 g/mol. The fourth-order valence-electron chi connectivity index (χ4n) is 2.16. The quantitative estimate of drug-likeness (QED) is 0.736. The van der Waals surface area contributed by atoms with Gasteiger partial charge in [-0.1, -0.05) is 24.3 Å². The number of amides is 1. The first-order valence-electron chi connectivity index (χ1n) is 7.72. The molecule has 122 valence electrons. The number of aromatic nitrogens is 1. The Kier molecular flexibility index (Phi) is 6.56. The third kappa shape index (κ3) is 5.38. The molecular weight excluding hydrogens is 290 g/mol. The molecule has 0 saturated heterocycles. The number of anilines is 1. The van der Waals surface area contributed by atoms with Crippen LogP contribution >= 0.6 is 0 Å². The smallest absolute Gasteiger partial charge is 0.270 e. The Labute approximate surface area is 137 Å². The number of hydrogen-bond donors (Lipinski definition) is 2. The van der Waals surface area contributed by atoms with Crippen molar-refractivity contribution in [3.05, 3.63) is 59.4 Å². The third-order valence-electron chi connectivity index (χ3n) is 3.55. The number of methoxy groups -OCH3 is 1. The van der Waals surface area contributed by atoms with Crippen LogP contribution in [0.3, 0.4) is 0 Å². The van der Waals surface area contributed by atoms with Gasteiger partial charge < -0.3 is 15.4 Å². The molecule has 0 radical (unpaired) electrons. The van der Waals surface area contributed by atoms with Crippen LogP contribution in [0.4, 0.5) is 5.69 Å². The van der Waals surface area contributed by atoms with Crippen molar-refractivity contribution in [1.82, 2.24) is 10.3 Å². The zero-order valence-electron chi connectivity index (χ0n) is 13.6. The molecule has 0 aliphatic heterocycles. The van der Waals surface area contributed by atoms with E-state index in [4.69, 9.17) is 4.74 Å². The second-order valence-electron chi connectivity index (χ2n) is 5.31. The Morgan fingerprint density at radius 2 is 2.04 bits per heavy atom. The van der Waals surface area contributed by atoms with Gasteiger partial charge in [-0.05, 0) is 36.6 Å². The summed E-state index contributed by atoms with van der Waals surface area (Å²) in [5.74, 6) is -0.167. The summed E-state index contributed by atoms with van der Waals surface area (Å²) >= 11 is 0. The highest BCUT2D eigenvalue weighted by molar-refractivity contribution is 5.92. The summed E-state index contributed by atoms with van der Waals surface area (Å²) in [7, 11) is 1.69. The predicted octanol–water partition coefficient (Wildman–Crippen LogP) is 2.77. The molecule has 0 spiro atoms. The summed E-state index contributed by atoms with van der Waals surface area (Å²) in [6, 6.07) is 11.6. The Morgan fingerprint density at radius 3 is 2.74 bits per heavy atom. The number of hydrogen-bond acceptors (Lipinski definition) is 4. The molecule has 0 unspecified atom stereocenters. The average Bonchev–Trinajstić information content (AvgIpc) is 2.58. The van der Waals surface area contributed by atoms with Gasteiger partial charge in [0.15, 0.2) is 0 Å². The molecule has 0 fully saturated rings. The van der Waals surface area contributed by atoms with E-state index in [2.05, 4.69) is 15.6 Å². The number of benzene rings is 1. The Morgan fingerprint density at radius 1 is 1.22 bits per heavy atom. The number of pyridine rings is 1. The van der Waals surface area contributed by atoms with Gasteiger partial charge in [-0.2, -0.15) is 0 Å². The summed E-state index contributed by atoms with van der Waals surface area (Å²) < 4.78 is 4.99. The lowest BCUT2D eigenvalue weighted by Crippen LogP contribution is -2.24. The highest BCUT2D eigenvalue weighted by Crippen LogP contribution is 2.08. The van der Waals surface area contributed by atoms with E-state index in [1.54, 1.807) is 19.4 Å². The maximum absolute atomic E-state index is 12.1. The summed E-state index contributed by atoms with van der Waals surface area (Å²) in [6.45, 7) is 4.07. The molecule has 0 aliphatic carbocycles. The third-order valence-corrected chi connectivity index (χ3v) is 3.55. The van der Waals surface area contributed by atoms with Crippen molar-refractivity contribution in [2.45, 2.75) is 19.9 Å². The zero-order valence-corrected chi connectivity index (χ0v) is 13.6. The fraction of sp³-hybridized carbons (Fsp3) is 0.333. The van der Waals surface area contributed by atoms with Crippen molar-refractivity contribution in [3.63, 3.8) is 0 Å². The van der Waals surface area contributed by atoms with Crippen molar-refractivity contribution >= 4 is 11.6 Å². The van der Waals surface area contributed by atoms with Crippen molar-refractivity contribution in [2.75, 3.05) is 25.6 Å². The lowest BCUT2D eigenvalue weighted by molar-refractivity contribution is 0.0946. The van der Waals surface area contributed by atoms with Gasteiger partial charge in [0.05, 0.1) is 11.9 Å². The highest BCUT2D eigenvalue weighted by atomic mass is 16.5. The monoisotopic (exact) mass is 313 g/mol. The summed E-state index contributed by atoms with van der Waals surface area (Å²) in [5.41, 5.74) is 3.59. The number of ether oxygens (including phenoxy) is 1. The molecule has 0 atom stereocenters. The molecule has 5 nitrogen and oxygen atoms in total. The van der Waals surface area contributed by atoms with Crippen LogP contribution < -0.4 is 10.6 Å². The lowest BCUT2D eigenvalue weighted by atomic mass is 10.1. The highest BCUT2D eigenvalue weighted by Gasteiger charge is 2.07. The van der Waals surface area contributed by atoms with Crippen molar-refractivity contribution in [3.8, 4) is 0 Å². The van der Waals surface area contributed by atoms with Gasteiger partial charge in [0.1, 0.15) is 5.69 Å². The van der Waals surface area contributed by atoms with Crippen molar-refractivity contribution in [2.24, 2.45) is 0 Å². The van der Waals surface area contributed by atoms with E-state index in [9.17, 15) is 4.79 Å². The van der Waals surface area contributed by atoms with E-state index in [-0.39, 0.29) is 5.91 Å². The molecule has 0 saturated carbocycles. The van der Waals surface area contributed by atoms with Gasteiger partial charge in [0.25, 0.3) is 5.91 Å². The Bertz CT molecular complexity index is 626. The molecule has 1 aromatic carbocycles. The number of aryl methyl sites for hydroxylation is 1. The molecule has 1 amide bonds. The van der Waals surface area contributed by atoms with Crippen LogP contribution in [0.25, 0.3) is 0 Å². The molecule has 2 rings (SSSR count). The topological polar surface area (TPSA) is 63.2 Å². The van der Waals surface area contributed by atoms with Crippen LogP contribution in [-0.2, 0) is 11.3 Å². The SMILES string of the molecule is COCCCNc1ccc(C(=O)NCc2ccccc2C)nc1. The standard InChI is InChI=1S/C18H23N3O2/c1-14-6-3-4-7-15(14)12-21-18(22)17-9-8-16(13-20-17)19-10-5-11-23-2/h3-4,6-9,13,19H,5,10-12H2,1-2H3,(H,21,22). The van der Waals surface area contributed by atoms with Crippen molar-refractivity contribution in [1.29, 1.82) is 0 Å². The predicted molar refractivity (Wildman–Crippen MR) is 91.6 cm³/mol.